The molecule has 0 radical (unpaired) electrons. The number of aryl methyl sites for hydroxylation is 1. The highest BCUT2D eigenvalue weighted by molar-refractivity contribution is 6.29. The molecular weight excluding hydrogens is 233 g/mol. The van der Waals surface area contributed by atoms with Crippen LogP contribution in [0.3, 0.4) is 0 Å². The lowest BCUT2D eigenvalue weighted by Crippen LogP contribution is -2.41. The Labute approximate surface area is 97.6 Å². The van der Waals surface area contributed by atoms with Crippen molar-refractivity contribution in [3.05, 3.63) is 17.0 Å². The van der Waals surface area contributed by atoms with Crippen LogP contribution in [-0.4, -0.2) is 27.8 Å². The number of nitrogens with zero attached hydrogens (tertiary/aromatic N) is 1. The summed E-state index contributed by atoms with van der Waals surface area (Å²) in [6.45, 7) is 1.97. The van der Waals surface area contributed by atoms with Gasteiger partial charge in [0.05, 0.1) is 5.69 Å². The molecule has 2 atom stereocenters. The second kappa shape index (κ2) is 4.41. The molecule has 0 fully saturated rings. The molecule has 1 aliphatic rings. The summed E-state index contributed by atoms with van der Waals surface area (Å²) >= 11 is 5.05. The summed E-state index contributed by atoms with van der Waals surface area (Å²) in [5.74, 6) is -0.762. The molecule has 0 aliphatic heterocycles. The molecule has 1 aliphatic carbocycles. The summed E-state index contributed by atoms with van der Waals surface area (Å²) < 4.78 is 12.5. The predicted octanol–water partition coefficient (Wildman–Crippen LogP) is 1.23. The van der Waals surface area contributed by atoms with E-state index in [-0.39, 0.29) is 6.04 Å². The molecule has 0 bridgehead atoms. The highest BCUT2D eigenvalue weighted by atomic mass is 35.5. The van der Waals surface area contributed by atoms with Gasteiger partial charge < -0.3 is 5.32 Å². The Morgan fingerprint density at radius 3 is 3.19 bits per heavy atom. The number of hydrogen-bond acceptors (Lipinski definition) is 2. The molecule has 1 amide bonds. The molecule has 6 heteroatoms. The Kier molecular flexibility index (Phi) is 3.14. The van der Waals surface area contributed by atoms with Crippen LogP contribution >= 0.6 is 11.6 Å². The SMILES string of the molecule is Cc1[nH]nc2c1CCC(NC(=O)C(F)Cl)C2. The number of rotatable bonds is 2. The number of fused-ring (bicyclic) bond motifs is 1. The van der Waals surface area contributed by atoms with Crippen molar-refractivity contribution >= 4 is 17.5 Å². The van der Waals surface area contributed by atoms with E-state index in [0.717, 1.165) is 24.2 Å². The first-order valence-electron chi connectivity index (χ1n) is 5.19. The van der Waals surface area contributed by atoms with Gasteiger partial charge in [0.15, 0.2) is 0 Å². The predicted molar refractivity (Wildman–Crippen MR) is 58.0 cm³/mol. The van der Waals surface area contributed by atoms with E-state index in [4.69, 9.17) is 11.6 Å². The highest BCUT2D eigenvalue weighted by Gasteiger charge is 2.25. The number of carbonyl (C=O) groups excluding carboxylic acids is 1. The van der Waals surface area contributed by atoms with Crippen LogP contribution in [0.15, 0.2) is 0 Å². The normalized spacial score (nSPS) is 21.3. The maximum atomic E-state index is 12.5. The van der Waals surface area contributed by atoms with Gasteiger partial charge in [-0.3, -0.25) is 9.89 Å². The zero-order chi connectivity index (χ0) is 11.7. The lowest BCUT2D eigenvalue weighted by molar-refractivity contribution is -0.124. The summed E-state index contributed by atoms with van der Waals surface area (Å²) in [4.78, 5) is 11.1. The van der Waals surface area contributed by atoms with Gasteiger partial charge in [-0.1, -0.05) is 11.6 Å². The van der Waals surface area contributed by atoms with Crippen LogP contribution in [0.2, 0.25) is 0 Å². The van der Waals surface area contributed by atoms with E-state index < -0.39 is 11.5 Å². The molecular formula is C10H13ClFN3O. The highest BCUT2D eigenvalue weighted by Crippen LogP contribution is 2.22. The number of aromatic nitrogens is 2. The number of nitrogens with one attached hydrogen (secondary N) is 2. The van der Waals surface area contributed by atoms with E-state index >= 15 is 0 Å². The number of halogens is 2. The number of alkyl halides is 2. The van der Waals surface area contributed by atoms with Crippen molar-refractivity contribution in [3.8, 4) is 0 Å². The van der Waals surface area contributed by atoms with Crippen LogP contribution in [0.5, 0.6) is 0 Å². The van der Waals surface area contributed by atoms with E-state index in [1.165, 1.54) is 5.56 Å². The molecule has 1 aromatic heterocycles. The summed E-state index contributed by atoms with van der Waals surface area (Å²) in [6.07, 6.45) is 2.28. The summed E-state index contributed by atoms with van der Waals surface area (Å²) in [5.41, 5.74) is 1.27. The van der Waals surface area contributed by atoms with Gasteiger partial charge in [-0.05, 0) is 25.3 Å². The fourth-order valence-electron chi connectivity index (χ4n) is 2.04. The number of hydrogen-bond donors (Lipinski definition) is 2. The maximum absolute atomic E-state index is 12.5. The Morgan fingerprint density at radius 2 is 2.50 bits per heavy atom. The van der Waals surface area contributed by atoms with Crippen molar-refractivity contribution in [2.75, 3.05) is 0 Å². The minimum Gasteiger partial charge on any atom is -0.349 e. The van der Waals surface area contributed by atoms with Crippen molar-refractivity contribution in [2.45, 2.75) is 37.9 Å². The number of amides is 1. The zero-order valence-corrected chi connectivity index (χ0v) is 9.64. The van der Waals surface area contributed by atoms with Crippen LogP contribution in [-0.2, 0) is 17.6 Å². The fraction of sp³-hybridized carbons (Fsp3) is 0.600. The molecule has 0 saturated heterocycles. The van der Waals surface area contributed by atoms with E-state index in [2.05, 4.69) is 15.5 Å². The van der Waals surface area contributed by atoms with Crippen molar-refractivity contribution < 1.29 is 9.18 Å². The third kappa shape index (κ3) is 2.19. The molecule has 1 heterocycles. The van der Waals surface area contributed by atoms with Gasteiger partial charge in [0, 0.05) is 18.2 Å². The van der Waals surface area contributed by atoms with E-state index in [1.54, 1.807) is 0 Å². The fourth-order valence-corrected chi connectivity index (χ4v) is 2.11. The molecule has 0 saturated carbocycles. The van der Waals surface area contributed by atoms with Gasteiger partial charge in [-0.2, -0.15) is 5.10 Å². The van der Waals surface area contributed by atoms with Crippen LogP contribution < -0.4 is 5.32 Å². The van der Waals surface area contributed by atoms with Crippen molar-refractivity contribution in [1.82, 2.24) is 15.5 Å². The van der Waals surface area contributed by atoms with E-state index in [9.17, 15) is 9.18 Å². The van der Waals surface area contributed by atoms with Gasteiger partial charge in [-0.15, -0.1) is 0 Å². The minimum absolute atomic E-state index is 0.0697. The van der Waals surface area contributed by atoms with Gasteiger partial charge in [-0.25, -0.2) is 4.39 Å². The maximum Gasteiger partial charge on any atom is 0.270 e. The quantitative estimate of drug-likeness (QED) is 0.770. The third-order valence-electron chi connectivity index (χ3n) is 2.89. The molecule has 0 spiro atoms. The second-order valence-corrected chi connectivity index (χ2v) is 4.41. The third-order valence-corrected chi connectivity index (χ3v) is 3.08. The molecule has 0 aromatic carbocycles. The molecule has 2 rings (SSSR count). The van der Waals surface area contributed by atoms with Gasteiger partial charge >= 0.3 is 0 Å². The van der Waals surface area contributed by atoms with Crippen LogP contribution in [0.25, 0.3) is 0 Å². The van der Waals surface area contributed by atoms with Crippen molar-refractivity contribution in [3.63, 3.8) is 0 Å². The van der Waals surface area contributed by atoms with E-state index in [0.29, 0.717) is 6.42 Å². The van der Waals surface area contributed by atoms with Crippen LogP contribution in [0, 0.1) is 6.92 Å². The Hall–Kier alpha value is -1.10. The zero-order valence-electron chi connectivity index (χ0n) is 8.89. The molecule has 2 N–H and O–H groups in total. The topological polar surface area (TPSA) is 57.8 Å². The number of carbonyl (C=O) groups is 1. The Balaban J connectivity index is 2.00. The molecule has 4 nitrogen and oxygen atoms in total. The van der Waals surface area contributed by atoms with Crippen LogP contribution in [0.4, 0.5) is 4.39 Å². The van der Waals surface area contributed by atoms with Crippen LogP contribution in [0.1, 0.15) is 23.4 Å². The lowest BCUT2D eigenvalue weighted by Gasteiger charge is -2.22. The minimum atomic E-state index is -1.97. The van der Waals surface area contributed by atoms with E-state index in [1.807, 2.05) is 6.92 Å². The Morgan fingerprint density at radius 1 is 1.75 bits per heavy atom. The molecule has 88 valence electrons. The largest absolute Gasteiger partial charge is 0.349 e. The lowest BCUT2D eigenvalue weighted by atomic mass is 9.92. The smallest absolute Gasteiger partial charge is 0.270 e. The van der Waals surface area contributed by atoms with Gasteiger partial charge in [0.25, 0.3) is 11.5 Å². The molecule has 16 heavy (non-hydrogen) atoms. The summed E-state index contributed by atoms with van der Waals surface area (Å²) in [5, 5.41) is 9.64. The number of H-pyrrole nitrogens is 1. The monoisotopic (exact) mass is 245 g/mol. The first kappa shape index (κ1) is 11.4. The first-order chi connectivity index (χ1) is 7.58. The second-order valence-electron chi connectivity index (χ2n) is 4.02. The average molecular weight is 246 g/mol. The Bertz CT molecular complexity index is 405. The van der Waals surface area contributed by atoms with Crippen molar-refractivity contribution in [1.29, 1.82) is 0 Å². The summed E-state index contributed by atoms with van der Waals surface area (Å²) in [6, 6.07) is -0.0697. The number of aromatic amines is 1. The molecule has 2 unspecified atom stereocenters. The van der Waals surface area contributed by atoms with Gasteiger partial charge in [0.2, 0.25) is 0 Å². The first-order valence-corrected chi connectivity index (χ1v) is 5.63. The standard InChI is InChI=1S/C10H13ClFN3O/c1-5-7-3-2-6(4-8(7)15-14-5)13-10(16)9(11)12/h6,9H,2-4H2,1H3,(H,13,16)(H,14,15). The van der Waals surface area contributed by atoms with Crippen molar-refractivity contribution in [2.24, 2.45) is 0 Å². The van der Waals surface area contributed by atoms with Gasteiger partial charge in [0.1, 0.15) is 0 Å². The summed E-state index contributed by atoms with van der Waals surface area (Å²) in [7, 11) is 0. The average Bonchev–Trinajstić information content (AvgIpc) is 2.60. The molecule has 1 aromatic rings.